The lowest BCUT2D eigenvalue weighted by Gasteiger charge is -2.36. The number of rotatable bonds is 9. The molecule has 0 unspecified atom stereocenters. The summed E-state index contributed by atoms with van der Waals surface area (Å²) in [4.78, 5) is 4.35. The van der Waals surface area contributed by atoms with E-state index in [2.05, 4.69) is 34.0 Å². The number of guanidine groups is 1. The van der Waals surface area contributed by atoms with Gasteiger partial charge in [-0.3, -0.25) is 4.99 Å². The highest BCUT2D eigenvalue weighted by molar-refractivity contribution is 14.0. The fourth-order valence-electron chi connectivity index (χ4n) is 3.12. The molecule has 7 heteroatoms. The van der Waals surface area contributed by atoms with Crippen molar-refractivity contribution in [2.45, 2.75) is 36.9 Å². The predicted molar refractivity (Wildman–Crippen MR) is 127 cm³/mol. The van der Waals surface area contributed by atoms with E-state index in [1.165, 1.54) is 5.56 Å². The average molecular weight is 507 g/mol. The summed E-state index contributed by atoms with van der Waals surface area (Å²) in [5, 5.41) is 6.93. The Morgan fingerprint density at radius 1 is 1.19 bits per heavy atom. The SMILES string of the molecule is CN=C(NCCCCc1ccc(OC)cc1)NCC1(SC)CCOCC1.I. The Hall–Kier alpha value is -0.670. The highest BCUT2D eigenvalue weighted by atomic mass is 127. The van der Waals surface area contributed by atoms with Crippen LogP contribution in [0.15, 0.2) is 29.3 Å². The van der Waals surface area contributed by atoms with E-state index >= 15 is 0 Å². The van der Waals surface area contributed by atoms with E-state index in [9.17, 15) is 0 Å². The zero-order chi connectivity index (χ0) is 18.7. The summed E-state index contributed by atoms with van der Waals surface area (Å²) in [5.41, 5.74) is 1.36. The van der Waals surface area contributed by atoms with Crippen LogP contribution in [0.2, 0.25) is 0 Å². The van der Waals surface area contributed by atoms with Crippen LogP contribution in [0.3, 0.4) is 0 Å². The van der Waals surface area contributed by atoms with Gasteiger partial charge in [0, 0.05) is 38.1 Å². The van der Waals surface area contributed by atoms with E-state index in [-0.39, 0.29) is 28.7 Å². The first-order chi connectivity index (χ1) is 12.7. The predicted octanol–water partition coefficient (Wildman–Crippen LogP) is 3.71. The lowest BCUT2D eigenvalue weighted by molar-refractivity contribution is 0.0783. The first-order valence-corrected chi connectivity index (χ1v) is 10.6. The van der Waals surface area contributed by atoms with Crippen LogP contribution in [-0.4, -0.2) is 57.4 Å². The van der Waals surface area contributed by atoms with E-state index in [1.54, 1.807) is 7.11 Å². The van der Waals surface area contributed by atoms with Crippen LogP contribution >= 0.6 is 35.7 Å². The van der Waals surface area contributed by atoms with Gasteiger partial charge in [-0.2, -0.15) is 11.8 Å². The molecule has 0 spiro atoms. The lowest BCUT2D eigenvalue weighted by Crippen LogP contribution is -2.48. The minimum Gasteiger partial charge on any atom is -0.497 e. The Labute approximate surface area is 185 Å². The number of hydrogen-bond acceptors (Lipinski definition) is 4. The van der Waals surface area contributed by atoms with Gasteiger partial charge in [0.05, 0.1) is 7.11 Å². The molecule has 154 valence electrons. The first kappa shape index (κ1) is 24.4. The Morgan fingerprint density at radius 2 is 1.89 bits per heavy atom. The van der Waals surface area contributed by atoms with E-state index in [0.717, 1.165) is 70.1 Å². The highest BCUT2D eigenvalue weighted by Gasteiger charge is 2.31. The lowest BCUT2D eigenvalue weighted by atomic mass is 9.99. The molecule has 0 aliphatic carbocycles. The van der Waals surface area contributed by atoms with Crippen molar-refractivity contribution >= 4 is 41.7 Å². The maximum absolute atomic E-state index is 5.51. The fourth-order valence-corrected chi connectivity index (χ4v) is 3.91. The monoisotopic (exact) mass is 507 g/mol. The molecule has 1 saturated heterocycles. The third-order valence-electron chi connectivity index (χ3n) is 4.98. The molecule has 27 heavy (non-hydrogen) atoms. The summed E-state index contributed by atoms with van der Waals surface area (Å²) in [6, 6.07) is 8.33. The van der Waals surface area contributed by atoms with Crippen LogP contribution in [0.4, 0.5) is 0 Å². The van der Waals surface area contributed by atoms with Crippen molar-refractivity contribution in [1.29, 1.82) is 0 Å². The van der Waals surface area contributed by atoms with Gasteiger partial charge in [0.2, 0.25) is 0 Å². The third kappa shape index (κ3) is 8.48. The second-order valence-corrected chi connectivity index (χ2v) is 7.93. The summed E-state index contributed by atoms with van der Waals surface area (Å²) < 4.78 is 11.0. The van der Waals surface area contributed by atoms with Gasteiger partial charge in [0.1, 0.15) is 5.75 Å². The molecule has 5 nitrogen and oxygen atoms in total. The van der Waals surface area contributed by atoms with Gasteiger partial charge in [-0.25, -0.2) is 0 Å². The van der Waals surface area contributed by atoms with Crippen LogP contribution in [0, 0.1) is 0 Å². The molecule has 1 fully saturated rings. The molecule has 1 aliphatic rings. The zero-order valence-corrected chi connectivity index (χ0v) is 19.9. The Bertz CT molecular complexity index is 549. The largest absolute Gasteiger partial charge is 0.497 e. The number of nitrogens with one attached hydrogen (secondary N) is 2. The number of methoxy groups -OCH3 is 1. The molecule has 2 N–H and O–H groups in total. The Balaban J connectivity index is 0.00000364. The van der Waals surface area contributed by atoms with Gasteiger partial charge in [-0.05, 0) is 56.1 Å². The molecule has 0 atom stereocenters. The molecule has 0 saturated carbocycles. The summed E-state index contributed by atoms with van der Waals surface area (Å²) >= 11 is 1.94. The number of ether oxygens (including phenoxy) is 2. The second-order valence-electron chi connectivity index (χ2n) is 6.66. The van der Waals surface area contributed by atoms with E-state index in [0.29, 0.717) is 0 Å². The number of nitrogens with zero attached hydrogens (tertiary/aromatic N) is 1. The molecule has 1 aliphatic heterocycles. The normalized spacial score (nSPS) is 16.3. The average Bonchev–Trinajstić information content (AvgIpc) is 2.71. The second kappa shape index (κ2) is 13.5. The maximum atomic E-state index is 5.51. The van der Waals surface area contributed by atoms with Crippen molar-refractivity contribution in [2.75, 3.05) is 46.7 Å². The third-order valence-corrected chi connectivity index (χ3v) is 6.40. The van der Waals surface area contributed by atoms with E-state index < -0.39 is 0 Å². The van der Waals surface area contributed by atoms with Crippen LogP contribution in [-0.2, 0) is 11.2 Å². The molecule has 2 rings (SSSR count). The molecule has 1 aromatic carbocycles. The van der Waals surface area contributed by atoms with Crippen molar-refractivity contribution in [3.63, 3.8) is 0 Å². The number of thioether (sulfide) groups is 1. The van der Waals surface area contributed by atoms with E-state index in [4.69, 9.17) is 9.47 Å². The molecule has 0 aromatic heterocycles. The number of halogens is 1. The molecule has 1 aromatic rings. The van der Waals surface area contributed by atoms with Crippen LogP contribution in [0.1, 0.15) is 31.2 Å². The van der Waals surface area contributed by atoms with Crippen molar-refractivity contribution in [2.24, 2.45) is 4.99 Å². The molecular weight excluding hydrogens is 473 g/mol. The van der Waals surface area contributed by atoms with Crippen molar-refractivity contribution in [1.82, 2.24) is 10.6 Å². The van der Waals surface area contributed by atoms with Gasteiger partial charge in [0.25, 0.3) is 0 Å². The molecule has 0 amide bonds. The van der Waals surface area contributed by atoms with Crippen LogP contribution in [0.25, 0.3) is 0 Å². The van der Waals surface area contributed by atoms with Gasteiger partial charge < -0.3 is 20.1 Å². The minimum atomic E-state index is 0. The number of benzene rings is 1. The number of aryl methyl sites for hydroxylation is 1. The summed E-state index contributed by atoms with van der Waals surface area (Å²) in [6.07, 6.45) is 7.76. The quantitative estimate of drug-likeness (QED) is 0.231. The standard InChI is InChI=1S/C20H33N3O2S.HI/c1-21-19(23-16-20(26-3)11-14-25-15-12-20)22-13-5-4-6-17-7-9-18(24-2)10-8-17;/h7-10H,4-6,11-16H2,1-3H3,(H2,21,22,23);1H. The Morgan fingerprint density at radius 3 is 2.48 bits per heavy atom. The molecule has 0 bridgehead atoms. The highest BCUT2D eigenvalue weighted by Crippen LogP contribution is 2.32. The number of unbranched alkanes of at least 4 members (excludes halogenated alkanes) is 1. The summed E-state index contributed by atoms with van der Waals surface area (Å²) in [5.74, 6) is 1.81. The number of hydrogen-bond donors (Lipinski definition) is 2. The summed E-state index contributed by atoms with van der Waals surface area (Å²) in [6.45, 7) is 3.59. The smallest absolute Gasteiger partial charge is 0.191 e. The topological polar surface area (TPSA) is 54.9 Å². The summed E-state index contributed by atoms with van der Waals surface area (Å²) in [7, 11) is 3.53. The van der Waals surface area contributed by atoms with Crippen LogP contribution < -0.4 is 15.4 Å². The van der Waals surface area contributed by atoms with Gasteiger partial charge >= 0.3 is 0 Å². The van der Waals surface area contributed by atoms with Gasteiger partial charge in [-0.1, -0.05) is 12.1 Å². The maximum Gasteiger partial charge on any atom is 0.191 e. The van der Waals surface area contributed by atoms with Gasteiger partial charge in [0.15, 0.2) is 5.96 Å². The first-order valence-electron chi connectivity index (χ1n) is 9.42. The van der Waals surface area contributed by atoms with Crippen molar-refractivity contribution in [3.8, 4) is 5.75 Å². The minimum absolute atomic E-state index is 0. The number of aliphatic imine (C=N–C) groups is 1. The zero-order valence-electron chi connectivity index (χ0n) is 16.8. The van der Waals surface area contributed by atoms with Gasteiger partial charge in [-0.15, -0.1) is 24.0 Å². The Kier molecular flexibility index (Phi) is 12.2. The van der Waals surface area contributed by atoms with E-state index in [1.807, 2.05) is 30.9 Å². The molecular formula is C20H34IN3O2S. The fraction of sp³-hybridized carbons (Fsp3) is 0.650. The van der Waals surface area contributed by atoms with Crippen LogP contribution in [0.5, 0.6) is 5.75 Å². The molecule has 1 heterocycles. The molecule has 0 radical (unpaired) electrons. The van der Waals surface area contributed by atoms with Crippen molar-refractivity contribution < 1.29 is 9.47 Å². The van der Waals surface area contributed by atoms with Crippen molar-refractivity contribution in [3.05, 3.63) is 29.8 Å².